The van der Waals surface area contributed by atoms with Gasteiger partial charge < -0.3 is 15.4 Å². The van der Waals surface area contributed by atoms with Gasteiger partial charge in [-0.15, -0.1) is 0 Å². The van der Waals surface area contributed by atoms with Crippen molar-refractivity contribution in [2.75, 3.05) is 17.7 Å². The zero-order valence-corrected chi connectivity index (χ0v) is 14.8. The molecule has 2 aromatic carbocycles. The van der Waals surface area contributed by atoms with Crippen LogP contribution in [0.4, 0.5) is 17.1 Å². The summed E-state index contributed by atoms with van der Waals surface area (Å²) in [6.07, 6.45) is 0. The predicted octanol–water partition coefficient (Wildman–Crippen LogP) is 4.34. The Hall–Kier alpha value is -2.67. The number of nitro benzene ring substituents is 1. The lowest BCUT2D eigenvalue weighted by molar-refractivity contribution is -0.385. The molecule has 0 saturated carbocycles. The topological polar surface area (TPSA) is 76.4 Å². The van der Waals surface area contributed by atoms with Crippen molar-refractivity contribution in [3.63, 3.8) is 0 Å². The van der Waals surface area contributed by atoms with Gasteiger partial charge in [0.25, 0.3) is 0 Å². The number of hydrogen-bond acceptors (Lipinski definition) is 4. The van der Waals surface area contributed by atoms with Crippen molar-refractivity contribution in [1.29, 1.82) is 0 Å². The van der Waals surface area contributed by atoms with Crippen molar-refractivity contribution in [2.45, 2.75) is 20.8 Å². The van der Waals surface area contributed by atoms with Crippen LogP contribution in [0.15, 0.2) is 30.3 Å². The van der Waals surface area contributed by atoms with Gasteiger partial charge in [-0.05, 0) is 61.8 Å². The highest BCUT2D eigenvalue weighted by Crippen LogP contribution is 2.32. The van der Waals surface area contributed by atoms with Crippen molar-refractivity contribution in [2.24, 2.45) is 0 Å². The largest absolute Gasteiger partial charge is 0.490 e. The van der Waals surface area contributed by atoms with Gasteiger partial charge in [0, 0.05) is 23.5 Å². The molecule has 6 nitrogen and oxygen atoms in total. The zero-order valence-electron chi connectivity index (χ0n) is 14.0. The maximum Gasteiger partial charge on any atom is 0.311 e. The standard InChI is InChI=1S/C17H19N3O3S/c1-10-5-6-13(7-11(10)2)18-17(24)19-14-9-16(23-4)15(20(21)22)8-12(14)3/h5-9H,1-4H3,(H2,18,19,24). The van der Waals surface area contributed by atoms with E-state index in [9.17, 15) is 10.1 Å². The van der Waals surface area contributed by atoms with Crippen molar-refractivity contribution < 1.29 is 9.66 Å². The molecule has 0 unspecified atom stereocenters. The summed E-state index contributed by atoms with van der Waals surface area (Å²) >= 11 is 5.32. The molecule has 126 valence electrons. The number of ether oxygens (including phenoxy) is 1. The first kappa shape index (κ1) is 17.7. The summed E-state index contributed by atoms with van der Waals surface area (Å²) in [4.78, 5) is 10.6. The van der Waals surface area contributed by atoms with E-state index >= 15 is 0 Å². The Morgan fingerprint density at radius 3 is 2.38 bits per heavy atom. The van der Waals surface area contributed by atoms with Gasteiger partial charge in [0.05, 0.1) is 12.0 Å². The van der Waals surface area contributed by atoms with E-state index in [1.807, 2.05) is 32.0 Å². The molecule has 2 aromatic rings. The Labute approximate surface area is 146 Å². The molecule has 0 radical (unpaired) electrons. The fourth-order valence-corrected chi connectivity index (χ4v) is 2.45. The quantitative estimate of drug-likeness (QED) is 0.488. The third-order valence-electron chi connectivity index (χ3n) is 3.74. The maximum atomic E-state index is 11.0. The van der Waals surface area contributed by atoms with Gasteiger partial charge in [0.2, 0.25) is 0 Å². The smallest absolute Gasteiger partial charge is 0.311 e. The van der Waals surface area contributed by atoms with Gasteiger partial charge in [-0.2, -0.15) is 0 Å². The molecule has 0 bridgehead atoms. The summed E-state index contributed by atoms with van der Waals surface area (Å²) in [7, 11) is 1.40. The molecule has 0 heterocycles. The van der Waals surface area contributed by atoms with Gasteiger partial charge >= 0.3 is 5.69 Å². The van der Waals surface area contributed by atoms with E-state index in [0.717, 1.165) is 11.3 Å². The van der Waals surface area contributed by atoms with Crippen LogP contribution in [0.1, 0.15) is 16.7 Å². The second-order valence-electron chi connectivity index (χ2n) is 5.47. The van der Waals surface area contributed by atoms with Crippen LogP contribution in [0.5, 0.6) is 5.75 Å². The molecule has 24 heavy (non-hydrogen) atoms. The Morgan fingerprint density at radius 1 is 1.08 bits per heavy atom. The molecule has 0 aliphatic rings. The summed E-state index contributed by atoms with van der Waals surface area (Å²) in [5, 5.41) is 17.6. The Morgan fingerprint density at radius 2 is 1.79 bits per heavy atom. The number of nitrogens with one attached hydrogen (secondary N) is 2. The zero-order chi connectivity index (χ0) is 17.9. The van der Waals surface area contributed by atoms with Crippen LogP contribution >= 0.6 is 12.2 Å². The molecule has 0 aromatic heterocycles. The number of nitrogens with zero attached hydrogens (tertiary/aromatic N) is 1. The third-order valence-corrected chi connectivity index (χ3v) is 3.94. The Bertz CT molecular complexity index is 806. The highest BCUT2D eigenvalue weighted by atomic mass is 32.1. The number of hydrogen-bond donors (Lipinski definition) is 2. The SMILES string of the molecule is COc1cc(NC(=S)Nc2ccc(C)c(C)c2)c(C)cc1[N+](=O)[O-]. The molecule has 7 heteroatoms. The van der Waals surface area contributed by atoms with E-state index in [1.165, 1.54) is 18.7 Å². The third kappa shape index (κ3) is 3.99. The summed E-state index contributed by atoms with van der Waals surface area (Å²) < 4.78 is 5.09. The number of anilines is 2. The molecule has 0 aliphatic carbocycles. The Balaban J connectivity index is 2.19. The first-order chi connectivity index (χ1) is 11.3. The van der Waals surface area contributed by atoms with Gasteiger partial charge in [-0.3, -0.25) is 10.1 Å². The molecule has 0 aliphatic heterocycles. The van der Waals surface area contributed by atoms with Crippen LogP contribution in [-0.4, -0.2) is 17.1 Å². The number of nitro groups is 1. The van der Waals surface area contributed by atoms with E-state index in [0.29, 0.717) is 16.4 Å². The fraction of sp³-hybridized carbons (Fsp3) is 0.235. The number of benzene rings is 2. The molecule has 2 N–H and O–H groups in total. The minimum Gasteiger partial charge on any atom is -0.490 e. The minimum atomic E-state index is -0.471. The van der Waals surface area contributed by atoms with Crippen LogP contribution in [0.3, 0.4) is 0 Å². The van der Waals surface area contributed by atoms with Gasteiger partial charge in [0.15, 0.2) is 10.9 Å². The maximum absolute atomic E-state index is 11.0. The van der Waals surface area contributed by atoms with Crippen LogP contribution in [0.25, 0.3) is 0 Å². The number of methoxy groups -OCH3 is 1. The van der Waals surface area contributed by atoms with Crippen molar-refractivity contribution in [1.82, 2.24) is 0 Å². The van der Waals surface area contributed by atoms with Crippen LogP contribution < -0.4 is 15.4 Å². The molecular formula is C17H19N3O3S. The van der Waals surface area contributed by atoms with Crippen LogP contribution in [0, 0.1) is 30.9 Å². The lowest BCUT2D eigenvalue weighted by Crippen LogP contribution is -2.19. The average Bonchev–Trinajstić information content (AvgIpc) is 2.52. The number of thiocarbonyl (C=S) groups is 1. The van der Waals surface area contributed by atoms with E-state index in [-0.39, 0.29) is 11.4 Å². The summed E-state index contributed by atoms with van der Waals surface area (Å²) in [6.45, 7) is 5.85. The van der Waals surface area contributed by atoms with E-state index in [2.05, 4.69) is 10.6 Å². The number of aryl methyl sites for hydroxylation is 3. The van der Waals surface area contributed by atoms with Gasteiger partial charge in [0.1, 0.15) is 0 Å². The minimum absolute atomic E-state index is 0.0754. The van der Waals surface area contributed by atoms with Crippen molar-refractivity contribution in [3.05, 3.63) is 57.1 Å². The molecule has 2 rings (SSSR count). The second kappa shape index (κ2) is 7.27. The van der Waals surface area contributed by atoms with Crippen LogP contribution in [0.2, 0.25) is 0 Å². The molecule has 0 spiro atoms. The molecule has 0 amide bonds. The van der Waals surface area contributed by atoms with Gasteiger partial charge in [-0.25, -0.2) is 0 Å². The van der Waals surface area contributed by atoms with Crippen molar-refractivity contribution in [3.8, 4) is 5.75 Å². The lowest BCUT2D eigenvalue weighted by atomic mass is 10.1. The highest BCUT2D eigenvalue weighted by molar-refractivity contribution is 7.80. The molecule has 0 saturated heterocycles. The first-order valence-corrected chi connectivity index (χ1v) is 7.71. The van der Waals surface area contributed by atoms with E-state index in [4.69, 9.17) is 17.0 Å². The number of rotatable bonds is 4. The second-order valence-corrected chi connectivity index (χ2v) is 5.88. The van der Waals surface area contributed by atoms with Crippen LogP contribution in [-0.2, 0) is 0 Å². The van der Waals surface area contributed by atoms with E-state index < -0.39 is 4.92 Å². The summed E-state index contributed by atoms with van der Waals surface area (Å²) in [5.41, 5.74) is 4.52. The summed E-state index contributed by atoms with van der Waals surface area (Å²) in [6, 6.07) is 8.99. The fourth-order valence-electron chi connectivity index (χ4n) is 2.22. The molecular weight excluding hydrogens is 326 g/mol. The first-order valence-electron chi connectivity index (χ1n) is 7.30. The average molecular weight is 345 g/mol. The normalized spacial score (nSPS) is 10.2. The Kier molecular flexibility index (Phi) is 5.35. The van der Waals surface area contributed by atoms with E-state index in [1.54, 1.807) is 13.0 Å². The molecule has 0 atom stereocenters. The predicted molar refractivity (Wildman–Crippen MR) is 100 cm³/mol. The summed E-state index contributed by atoms with van der Waals surface area (Å²) in [5.74, 6) is 0.182. The van der Waals surface area contributed by atoms with Crippen molar-refractivity contribution >= 4 is 34.4 Å². The molecule has 0 fully saturated rings. The highest BCUT2D eigenvalue weighted by Gasteiger charge is 2.17. The monoisotopic (exact) mass is 345 g/mol. The van der Waals surface area contributed by atoms with Gasteiger partial charge in [-0.1, -0.05) is 6.07 Å². The lowest BCUT2D eigenvalue weighted by Gasteiger charge is -2.14.